The first-order valence-corrected chi connectivity index (χ1v) is 11.1. The topological polar surface area (TPSA) is 153 Å². The summed E-state index contributed by atoms with van der Waals surface area (Å²) in [7, 11) is 0. The molecule has 2 aliphatic rings. The van der Waals surface area contributed by atoms with Gasteiger partial charge in [0.2, 0.25) is 5.91 Å². The van der Waals surface area contributed by atoms with Gasteiger partial charge >= 0.3 is 6.03 Å². The quantitative estimate of drug-likeness (QED) is 0.447. The number of rotatable bonds is 5. The summed E-state index contributed by atoms with van der Waals surface area (Å²) in [4.78, 5) is 43.3. The summed E-state index contributed by atoms with van der Waals surface area (Å²) in [6.45, 7) is 2.31. The molecule has 178 valence electrons. The molecule has 0 bridgehead atoms. The molecule has 0 saturated carbocycles. The fraction of sp³-hybridized carbons (Fsp3) is 0.250. The fourth-order valence-corrected chi connectivity index (χ4v) is 4.26. The van der Waals surface area contributed by atoms with Crippen LogP contribution >= 0.6 is 0 Å². The van der Waals surface area contributed by atoms with Gasteiger partial charge in [-0.1, -0.05) is 23.4 Å². The van der Waals surface area contributed by atoms with Crippen molar-refractivity contribution in [2.45, 2.75) is 38.9 Å². The number of urea groups is 1. The first kappa shape index (κ1) is 22.3. The van der Waals surface area contributed by atoms with Crippen LogP contribution in [0.3, 0.4) is 0 Å². The summed E-state index contributed by atoms with van der Waals surface area (Å²) in [6.07, 6.45) is 0.866. The molecule has 3 aromatic rings. The first-order valence-electron chi connectivity index (χ1n) is 11.1. The molecule has 35 heavy (non-hydrogen) atoms. The Balaban J connectivity index is 1.20. The number of anilines is 1. The third-order valence-corrected chi connectivity index (χ3v) is 5.97. The Hall–Kier alpha value is -4.54. The van der Waals surface area contributed by atoms with Gasteiger partial charge in [0.25, 0.3) is 11.8 Å². The van der Waals surface area contributed by atoms with Crippen LogP contribution in [0.4, 0.5) is 10.5 Å². The van der Waals surface area contributed by atoms with Crippen LogP contribution in [-0.4, -0.2) is 44.8 Å². The molecule has 5 rings (SSSR count). The third kappa shape index (κ3) is 4.60. The van der Waals surface area contributed by atoms with Crippen molar-refractivity contribution in [3.8, 4) is 11.5 Å². The Kier molecular flexibility index (Phi) is 5.73. The van der Waals surface area contributed by atoms with Crippen molar-refractivity contribution in [1.82, 2.24) is 25.7 Å². The molecule has 4 amide bonds. The average Bonchev–Trinajstić information content (AvgIpc) is 3.41. The van der Waals surface area contributed by atoms with Crippen LogP contribution in [0.25, 0.3) is 11.5 Å². The monoisotopic (exact) mass is 473 g/mol. The number of amidine groups is 1. The van der Waals surface area contributed by atoms with Crippen molar-refractivity contribution >= 4 is 29.4 Å². The molecule has 0 radical (unpaired) electrons. The first-order chi connectivity index (χ1) is 16.9. The molecule has 0 spiro atoms. The van der Waals surface area contributed by atoms with Gasteiger partial charge in [-0.15, -0.1) is 0 Å². The second kappa shape index (κ2) is 9.01. The number of nitrogens with zero attached hydrogens (tertiary/aromatic N) is 3. The minimum atomic E-state index is -0.580. The molecule has 1 aromatic heterocycles. The highest BCUT2D eigenvalue weighted by Crippen LogP contribution is 2.28. The van der Waals surface area contributed by atoms with Crippen LogP contribution in [0, 0.1) is 12.3 Å². The second-order valence-electron chi connectivity index (χ2n) is 8.48. The van der Waals surface area contributed by atoms with Crippen LogP contribution in [0.15, 0.2) is 47.0 Å². The lowest BCUT2D eigenvalue weighted by molar-refractivity contribution is -0.125. The van der Waals surface area contributed by atoms with Gasteiger partial charge in [-0.05, 0) is 48.7 Å². The number of carbonyl (C=O) groups excluding carboxylic acids is 3. The SMILES string of the molecule is Cc1noc(-c2cccc(NC(=O)NCc3ccc4c(c3)CN(C3CCC(=N)NC3=O)C4=O)c2)n1. The molecule has 11 nitrogen and oxygen atoms in total. The van der Waals surface area contributed by atoms with E-state index >= 15 is 0 Å². The highest BCUT2D eigenvalue weighted by atomic mass is 16.5. The lowest BCUT2D eigenvalue weighted by Gasteiger charge is -2.30. The van der Waals surface area contributed by atoms with Gasteiger partial charge in [0.05, 0.1) is 5.84 Å². The Bertz CT molecular complexity index is 1350. The lowest BCUT2D eigenvalue weighted by Crippen LogP contribution is -2.52. The maximum absolute atomic E-state index is 12.8. The van der Waals surface area contributed by atoms with Crippen molar-refractivity contribution < 1.29 is 18.9 Å². The lowest BCUT2D eigenvalue weighted by atomic mass is 10.0. The zero-order valence-corrected chi connectivity index (χ0v) is 18.9. The van der Waals surface area contributed by atoms with Crippen molar-refractivity contribution in [3.63, 3.8) is 0 Å². The highest BCUT2D eigenvalue weighted by Gasteiger charge is 2.38. The summed E-state index contributed by atoms with van der Waals surface area (Å²) in [5.41, 5.74) is 3.47. The van der Waals surface area contributed by atoms with E-state index in [0.29, 0.717) is 47.9 Å². The standard InChI is InChI=1S/C24H23N7O4/c1-13-27-22(35-30-13)15-3-2-4-17(10-15)28-24(34)26-11-14-5-6-18-16(9-14)12-31(23(18)33)19-7-8-20(25)29-21(19)32/h2-6,9-10,19H,7-8,11-12H2,1H3,(H2,25,29,32)(H2,26,28,34). The van der Waals surface area contributed by atoms with Crippen molar-refractivity contribution in [2.75, 3.05) is 5.32 Å². The Morgan fingerprint density at radius 2 is 2.11 bits per heavy atom. The van der Waals surface area contributed by atoms with E-state index in [9.17, 15) is 14.4 Å². The molecule has 4 N–H and O–H groups in total. The maximum atomic E-state index is 12.8. The van der Waals surface area contributed by atoms with Crippen molar-refractivity contribution in [2.24, 2.45) is 0 Å². The summed E-state index contributed by atoms with van der Waals surface area (Å²) >= 11 is 0. The average molecular weight is 473 g/mol. The number of aromatic nitrogens is 2. The summed E-state index contributed by atoms with van der Waals surface area (Å²) in [6, 6.07) is 11.5. The number of hydrogen-bond acceptors (Lipinski definition) is 7. The van der Waals surface area contributed by atoms with E-state index < -0.39 is 6.04 Å². The van der Waals surface area contributed by atoms with Gasteiger partial charge in [0, 0.05) is 36.3 Å². The van der Waals surface area contributed by atoms with Crippen LogP contribution in [0.1, 0.15) is 40.2 Å². The highest BCUT2D eigenvalue weighted by molar-refractivity contribution is 6.06. The molecule has 1 unspecified atom stereocenters. The van der Waals surface area contributed by atoms with E-state index in [1.54, 1.807) is 42.2 Å². The third-order valence-electron chi connectivity index (χ3n) is 5.97. The molecular formula is C24H23N7O4. The molecule has 1 saturated heterocycles. The Labute approximate surface area is 200 Å². The van der Waals surface area contributed by atoms with Crippen LogP contribution < -0.4 is 16.0 Å². The summed E-state index contributed by atoms with van der Waals surface area (Å²) in [5, 5.41) is 19.5. The van der Waals surface area contributed by atoms with Gasteiger partial charge < -0.3 is 25.4 Å². The predicted molar refractivity (Wildman–Crippen MR) is 126 cm³/mol. The number of fused-ring (bicyclic) bond motifs is 1. The molecule has 1 atom stereocenters. The zero-order chi connectivity index (χ0) is 24.5. The number of hydrogen-bond donors (Lipinski definition) is 4. The molecule has 11 heteroatoms. The van der Waals surface area contributed by atoms with Crippen molar-refractivity contribution in [3.05, 3.63) is 65.0 Å². The molecule has 3 heterocycles. The molecule has 2 aliphatic heterocycles. The number of amides is 4. The van der Waals surface area contributed by atoms with E-state index in [-0.39, 0.29) is 30.2 Å². The number of carbonyl (C=O) groups is 3. The Morgan fingerprint density at radius 3 is 2.89 bits per heavy atom. The number of piperidine rings is 1. The fourth-order valence-electron chi connectivity index (χ4n) is 4.26. The number of benzene rings is 2. The van der Waals surface area contributed by atoms with E-state index in [1.807, 2.05) is 12.1 Å². The zero-order valence-electron chi connectivity index (χ0n) is 18.9. The summed E-state index contributed by atoms with van der Waals surface area (Å²) < 4.78 is 5.17. The normalized spacial score (nSPS) is 17.2. The minimum absolute atomic E-state index is 0.179. The van der Waals surface area contributed by atoms with Crippen LogP contribution in [-0.2, 0) is 17.9 Å². The Morgan fingerprint density at radius 1 is 1.26 bits per heavy atom. The van der Waals surface area contributed by atoms with Gasteiger partial charge in [0.15, 0.2) is 5.82 Å². The molecule has 2 aromatic carbocycles. The minimum Gasteiger partial charge on any atom is -0.334 e. The van der Waals surface area contributed by atoms with Gasteiger partial charge in [-0.2, -0.15) is 4.98 Å². The smallest absolute Gasteiger partial charge is 0.319 e. The molecule has 1 fully saturated rings. The van der Waals surface area contributed by atoms with E-state index in [2.05, 4.69) is 26.1 Å². The van der Waals surface area contributed by atoms with Gasteiger partial charge in [-0.25, -0.2) is 4.79 Å². The largest absolute Gasteiger partial charge is 0.334 e. The van der Waals surface area contributed by atoms with Crippen molar-refractivity contribution in [1.29, 1.82) is 5.41 Å². The summed E-state index contributed by atoms with van der Waals surface area (Å²) in [5.74, 6) is 0.565. The van der Waals surface area contributed by atoms with Gasteiger partial charge in [0.1, 0.15) is 6.04 Å². The van der Waals surface area contributed by atoms with Crippen LogP contribution in [0.5, 0.6) is 0 Å². The van der Waals surface area contributed by atoms with E-state index in [1.165, 1.54) is 0 Å². The van der Waals surface area contributed by atoms with Crippen LogP contribution in [0.2, 0.25) is 0 Å². The van der Waals surface area contributed by atoms with E-state index in [4.69, 9.17) is 9.93 Å². The number of aryl methyl sites for hydroxylation is 1. The molecule has 0 aliphatic carbocycles. The second-order valence-corrected chi connectivity index (χ2v) is 8.48. The van der Waals surface area contributed by atoms with Gasteiger partial charge in [-0.3, -0.25) is 15.0 Å². The predicted octanol–water partition coefficient (Wildman–Crippen LogP) is 2.58. The maximum Gasteiger partial charge on any atom is 0.319 e. The molecular weight excluding hydrogens is 450 g/mol. The van der Waals surface area contributed by atoms with E-state index in [0.717, 1.165) is 11.1 Å². The number of nitrogens with one attached hydrogen (secondary N) is 4.